The molecule has 5 nitrogen and oxygen atoms in total. The molecule has 1 heterocycles. The smallest absolute Gasteiger partial charge is 0.349 e. The van der Waals surface area contributed by atoms with Crippen molar-refractivity contribution in [3.05, 3.63) is 65.4 Å². The number of hydrogen-bond acceptors (Lipinski definition) is 5. The van der Waals surface area contributed by atoms with Crippen molar-refractivity contribution in [1.29, 1.82) is 0 Å². The number of fused-ring (bicyclic) bond motifs is 1. The number of halogens is 1. The second-order valence-electron chi connectivity index (χ2n) is 6.98. The Hall–Kier alpha value is -2.86. The van der Waals surface area contributed by atoms with Crippen LogP contribution in [0.2, 0.25) is 0 Å². The number of carbonyl (C=O) groups is 1. The molecule has 6 heteroatoms. The molecule has 0 spiro atoms. The van der Waals surface area contributed by atoms with Gasteiger partial charge in [-0.2, -0.15) is 0 Å². The molecule has 148 valence electrons. The largest absolute Gasteiger partial charge is 0.454 e. The summed E-state index contributed by atoms with van der Waals surface area (Å²) in [6.07, 6.45) is 2.62. The lowest BCUT2D eigenvalue weighted by molar-refractivity contribution is 0.0406. The van der Waals surface area contributed by atoms with Crippen molar-refractivity contribution in [2.75, 3.05) is 6.54 Å². The molecule has 0 unspecified atom stereocenters. The molecule has 0 aliphatic carbocycles. The third-order valence-electron chi connectivity index (χ3n) is 4.26. The zero-order chi connectivity index (χ0) is 20.1. The molecule has 3 rings (SSSR count). The monoisotopic (exact) mass is 385 g/mol. The van der Waals surface area contributed by atoms with E-state index in [-0.39, 0.29) is 11.7 Å². The second kappa shape index (κ2) is 8.89. The van der Waals surface area contributed by atoms with Crippen molar-refractivity contribution in [2.45, 2.75) is 33.7 Å². The van der Waals surface area contributed by atoms with Crippen LogP contribution in [0.3, 0.4) is 0 Å². The molecule has 2 aromatic rings. The SMILES string of the molecule is C/C=C1/OC(=O)c2ccc(Oc3ccc(CNCCC(C)C)cc3F)cc2O1. The quantitative estimate of drug-likeness (QED) is 0.527. The van der Waals surface area contributed by atoms with Gasteiger partial charge in [0.05, 0.1) is 0 Å². The standard InChI is InChI=1S/C22H24FNO4/c1-4-21-27-20-12-16(6-7-17(20)22(25)28-21)26-19-8-5-15(11-18(19)23)13-24-10-9-14(2)3/h4-8,11-12,14,24H,9-10,13H2,1-3H3/b21-4+. The zero-order valence-corrected chi connectivity index (χ0v) is 16.3. The highest BCUT2D eigenvalue weighted by molar-refractivity contribution is 5.94. The van der Waals surface area contributed by atoms with Gasteiger partial charge in [0, 0.05) is 12.6 Å². The van der Waals surface area contributed by atoms with Gasteiger partial charge in [0.15, 0.2) is 11.6 Å². The summed E-state index contributed by atoms with van der Waals surface area (Å²) in [5.41, 5.74) is 1.14. The lowest BCUT2D eigenvalue weighted by Crippen LogP contribution is -2.16. The van der Waals surface area contributed by atoms with Crippen LogP contribution in [0.1, 0.15) is 43.1 Å². The van der Waals surface area contributed by atoms with Crippen LogP contribution in [-0.2, 0) is 11.3 Å². The Morgan fingerprint density at radius 1 is 1.18 bits per heavy atom. The fourth-order valence-corrected chi connectivity index (χ4v) is 2.70. The van der Waals surface area contributed by atoms with Gasteiger partial charge in [-0.05, 0) is 61.7 Å². The number of esters is 1. The number of rotatable bonds is 7. The molecule has 0 amide bonds. The molecule has 0 saturated carbocycles. The van der Waals surface area contributed by atoms with Gasteiger partial charge in [0.1, 0.15) is 17.1 Å². The number of allylic oxidation sites excluding steroid dienone is 1. The van der Waals surface area contributed by atoms with Gasteiger partial charge in [0.2, 0.25) is 0 Å². The molecule has 1 aliphatic heterocycles. The molecule has 2 aromatic carbocycles. The second-order valence-corrected chi connectivity index (χ2v) is 6.98. The molecule has 1 aliphatic rings. The average molecular weight is 385 g/mol. The van der Waals surface area contributed by atoms with Crippen molar-refractivity contribution >= 4 is 5.97 Å². The van der Waals surface area contributed by atoms with Crippen LogP contribution in [0.4, 0.5) is 4.39 Å². The van der Waals surface area contributed by atoms with E-state index in [9.17, 15) is 9.18 Å². The Balaban J connectivity index is 1.68. The Kier molecular flexibility index (Phi) is 6.31. The van der Waals surface area contributed by atoms with Gasteiger partial charge in [-0.3, -0.25) is 0 Å². The van der Waals surface area contributed by atoms with E-state index in [0.29, 0.717) is 29.5 Å². The van der Waals surface area contributed by atoms with E-state index < -0.39 is 11.8 Å². The van der Waals surface area contributed by atoms with Crippen molar-refractivity contribution in [1.82, 2.24) is 5.32 Å². The van der Waals surface area contributed by atoms with Crippen LogP contribution in [0.25, 0.3) is 0 Å². The maximum Gasteiger partial charge on any atom is 0.349 e. The molecule has 0 saturated heterocycles. The topological polar surface area (TPSA) is 56.8 Å². The van der Waals surface area contributed by atoms with E-state index in [4.69, 9.17) is 14.2 Å². The molecule has 0 aromatic heterocycles. The fourth-order valence-electron chi connectivity index (χ4n) is 2.70. The van der Waals surface area contributed by atoms with Crippen LogP contribution in [-0.4, -0.2) is 12.5 Å². The van der Waals surface area contributed by atoms with E-state index >= 15 is 0 Å². The Bertz CT molecular complexity index is 892. The third-order valence-corrected chi connectivity index (χ3v) is 4.26. The molecule has 0 fully saturated rings. The Morgan fingerprint density at radius 3 is 2.71 bits per heavy atom. The van der Waals surface area contributed by atoms with E-state index in [1.165, 1.54) is 12.1 Å². The van der Waals surface area contributed by atoms with E-state index in [2.05, 4.69) is 19.2 Å². The number of carbonyl (C=O) groups excluding carboxylic acids is 1. The number of benzene rings is 2. The lowest BCUT2D eigenvalue weighted by Gasteiger charge is -2.19. The Morgan fingerprint density at radius 2 is 2.00 bits per heavy atom. The van der Waals surface area contributed by atoms with Crippen LogP contribution in [0.5, 0.6) is 17.2 Å². The van der Waals surface area contributed by atoms with Gasteiger partial charge < -0.3 is 19.5 Å². The van der Waals surface area contributed by atoms with Gasteiger partial charge in [-0.25, -0.2) is 9.18 Å². The van der Waals surface area contributed by atoms with Crippen molar-refractivity contribution in [3.8, 4) is 17.2 Å². The van der Waals surface area contributed by atoms with Gasteiger partial charge >= 0.3 is 5.97 Å². The predicted molar refractivity (Wildman–Crippen MR) is 104 cm³/mol. The summed E-state index contributed by atoms with van der Waals surface area (Å²) in [5.74, 6) is 0.577. The summed E-state index contributed by atoms with van der Waals surface area (Å²) in [6, 6.07) is 9.53. The number of nitrogens with one attached hydrogen (secondary N) is 1. The summed E-state index contributed by atoms with van der Waals surface area (Å²) >= 11 is 0. The number of cyclic esters (lactones) is 1. The van der Waals surface area contributed by atoms with E-state index in [1.807, 2.05) is 6.07 Å². The minimum absolute atomic E-state index is 0.107. The summed E-state index contributed by atoms with van der Waals surface area (Å²) in [4.78, 5) is 11.9. The van der Waals surface area contributed by atoms with Crippen molar-refractivity contribution in [3.63, 3.8) is 0 Å². The first kappa shape index (κ1) is 19.9. The van der Waals surface area contributed by atoms with Gasteiger partial charge in [-0.15, -0.1) is 0 Å². The Labute approximate surface area is 164 Å². The third kappa shape index (κ3) is 4.89. The first-order valence-corrected chi connectivity index (χ1v) is 9.33. The minimum atomic E-state index is -0.499. The van der Waals surface area contributed by atoms with Crippen LogP contribution in [0, 0.1) is 11.7 Å². The zero-order valence-electron chi connectivity index (χ0n) is 16.3. The van der Waals surface area contributed by atoms with Crippen molar-refractivity contribution < 1.29 is 23.4 Å². The molecule has 28 heavy (non-hydrogen) atoms. The first-order chi connectivity index (χ1) is 13.5. The normalized spacial score (nSPS) is 14.6. The molecule has 1 N–H and O–H groups in total. The summed E-state index contributed by atoms with van der Waals surface area (Å²) in [7, 11) is 0. The summed E-state index contributed by atoms with van der Waals surface area (Å²) < 4.78 is 30.6. The molecule has 0 bridgehead atoms. The van der Waals surface area contributed by atoms with Crippen LogP contribution >= 0.6 is 0 Å². The molecular formula is C22H24FNO4. The molecule has 0 atom stereocenters. The summed E-state index contributed by atoms with van der Waals surface area (Å²) in [6.45, 7) is 7.53. The molecular weight excluding hydrogens is 361 g/mol. The van der Waals surface area contributed by atoms with E-state index in [1.54, 1.807) is 31.2 Å². The highest BCUT2D eigenvalue weighted by Gasteiger charge is 2.24. The van der Waals surface area contributed by atoms with E-state index in [0.717, 1.165) is 18.5 Å². The van der Waals surface area contributed by atoms with Crippen LogP contribution < -0.4 is 14.8 Å². The maximum absolute atomic E-state index is 14.4. The number of hydrogen-bond donors (Lipinski definition) is 1. The summed E-state index contributed by atoms with van der Waals surface area (Å²) in [5, 5.41) is 3.30. The predicted octanol–water partition coefficient (Wildman–Crippen LogP) is 5.16. The fraction of sp³-hybridized carbons (Fsp3) is 0.318. The van der Waals surface area contributed by atoms with Gasteiger partial charge in [-0.1, -0.05) is 19.9 Å². The minimum Gasteiger partial charge on any atom is -0.454 e. The number of ether oxygens (including phenoxy) is 3. The average Bonchev–Trinajstić information content (AvgIpc) is 2.66. The lowest BCUT2D eigenvalue weighted by atomic mass is 10.1. The highest BCUT2D eigenvalue weighted by atomic mass is 19.1. The van der Waals surface area contributed by atoms with Gasteiger partial charge in [0.25, 0.3) is 5.95 Å². The molecule has 0 radical (unpaired) electrons. The first-order valence-electron chi connectivity index (χ1n) is 9.33. The maximum atomic E-state index is 14.4. The highest BCUT2D eigenvalue weighted by Crippen LogP contribution is 2.34. The van der Waals surface area contributed by atoms with Crippen LogP contribution in [0.15, 0.2) is 48.4 Å². The van der Waals surface area contributed by atoms with Crippen molar-refractivity contribution in [2.24, 2.45) is 5.92 Å².